The lowest BCUT2D eigenvalue weighted by atomic mass is 10.2. The molecule has 5 nitrogen and oxygen atoms in total. The van der Waals surface area contributed by atoms with Crippen LogP contribution < -0.4 is 15.0 Å². The van der Waals surface area contributed by atoms with E-state index in [1.54, 1.807) is 30.2 Å². The number of carbonyl (C=O) groups excluding carboxylic acids is 2. The highest BCUT2D eigenvalue weighted by atomic mass is 16.5. The van der Waals surface area contributed by atoms with Crippen LogP contribution in [0.15, 0.2) is 18.2 Å². The van der Waals surface area contributed by atoms with Crippen molar-refractivity contribution in [2.24, 2.45) is 0 Å². The van der Waals surface area contributed by atoms with E-state index in [9.17, 15) is 9.59 Å². The van der Waals surface area contributed by atoms with Gasteiger partial charge in [-0.05, 0) is 19.1 Å². The molecule has 0 spiro atoms. The zero-order valence-electron chi connectivity index (χ0n) is 9.82. The molecule has 0 aliphatic carbocycles. The Bertz CT molecular complexity index is 471. The molecule has 5 heteroatoms. The van der Waals surface area contributed by atoms with Gasteiger partial charge in [-0.2, -0.15) is 0 Å². The minimum atomic E-state index is -0.280. The maximum absolute atomic E-state index is 11.8. The van der Waals surface area contributed by atoms with Crippen LogP contribution in [0.5, 0.6) is 5.75 Å². The highest BCUT2D eigenvalue weighted by Gasteiger charge is 2.25. The van der Waals surface area contributed by atoms with Crippen molar-refractivity contribution in [2.45, 2.75) is 13.3 Å². The number of nitrogens with zero attached hydrogens (tertiary/aromatic N) is 1. The Balaban J connectivity index is 2.52. The molecule has 0 unspecified atom stereocenters. The number of hydrogen-bond acceptors (Lipinski definition) is 3. The first-order valence-electron chi connectivity index (χ1n) is 5.44. The fourth-order valence-corrected chi connectivity index (χ4v) is 1.88. The molecule has 0 fully saturated rings. The fourth-order valence-electron chi connectivity index (χ4n) is 1.88. The van der Waals surface area contributed by atoms with Gasteiger partial charge < -0.3 is 15.0 Å². The predicted octanol–water partition coefficient (Wildman–Crippen LogP) is 1.39. The van der Waals surface area contributed by atoms with Crippen molar-refractivity contribution in [3.8, 4) is 5.75 Å². The summed E-state index contributed by atoms with van der Waals surface area (Å²) in [4.78, 5) is 24.9. The third-order valence-electron chi connectivity index (χ3n) is 2.70. The topological polar surface area (TPSA) is 58.6 Å². The fraction of sp³-hybridized carbons (Fsp3) is 0.333. The number of rotatable bonds is 2. The molecule has 1 aliphatic rings. The van der Waals surface area contributed by atoms with Crippen LogP contribution in [-0.4, -0.2) is 25.5 Å². The van der Waals surface area contributed by atoms with Crippen molar-refractivity contribution in [1.82, 2.24) is 0 Å². The standard InChI is InChI=1S/C12H14N2O3/c1-3-14-10-6-8(17-2)4-5-9(10)13-11(15)7-12(14)16/h4-6H,3,7H2,1-2H3,(H,13,15). The molecule has 90 valence electrons. The van der Waals surface area contributed by atoms with Crippen LogP contribution in [0.25, 0.3) is 0 Å². The maximum atomic E-state index is 11.8. The minimum absolute atomic E-state index is 0.120. The van der Waals surface area contributed by atoms with E-state index in [-0.39, 0.29) is 18.2 Å². The van der Waals surface area contributed by atoms with Crippen molar-refractivity contribution in [3.63, 3.8) is 0 Å². The smallest absolute Gasteiger partial charge is 0.236 e. The second-order valence-electron chi connectivity index (χ2n) is 3.75. The highest BCUT2D eigenvalue weighted by Crippen LogP contribution is 2.32. The van der Waals surface area contributed by atoms with Gasteiger partial charge in [-0.25, -0.2) is 0 Å². The van der Waals surface area contributed by atoms with Gasteiger partial charge in [0, 0.05) is 12.6 Å². The molecule has 0 radical (unpaired) electrons. The molecule has 1 aromatic carbocycles. The van der Waals surface area contributed by atoms with Crippen molar-refractivity contribution >= 4 is 23.2 Å². The Morgan fingerprint density at radius 1 is 1.41 bits per heavy atom. The summed E-state index contributed by atoms with van der Waals surface area (Å²) in [7, 11) is 1.56. The average Bonchev–Trinajstić information content (AvgIpc) is 2.42. The molecule has 2 amide bonds. The van der Waals surface area contributed by atoms with Crippen molar-refractivity contribution in [2.75, 3.05) is 23.9 Å². The maximum Gasteiger partial charge on any atom is 0.236 e. The molecule has 1 N–H and O–H groups in total. The Labute approximate surface area is 99.4 Å². The summed E-state index contributed by atoms with van der Waals surface area (Å²) >= 11 is 0. The van der Waals surface area contributed by atoms with Crippen LogP contribution in [0, 0.1) is 0 Å². The number of nitrogens with one attached hydrogen (secondary N) is 1. The van der Waals surface area contributed by atoms with Gasteiger partial charge in [-0.15, -0.1) is 0 Å². The van der Waals surface area contributed by atoms with E-state index in [0.29, 0.717) is 23.7 Å². The summed E-state index contributed by atoms with van der Waals surface area (Å²) in [5.41, 5.74) is 1.33. The van der Waals surface area contributed by atoms with Gasteiger partial charge in [-0.3, -0.25) is 9.59 Å². The molecule has 1 aromatic rings. The first kappa shape index (κ1) is 11.4. The lowest BCUT2D eigenvalue weighted by molar-refractivity contribution is -0.124. The van der Waals surface area contributed by atoms with E-state index in [1.807, 2.05) is 6.92 Å². The van der Waals surface area contributed by atoms with Gasteiger partial charge in [0.25, 0.3) is 0 Å². The van der Waals surface area contributed by atoms with E-state index < -0.39 is 0 Å². The third kappa shape index (κ3) is 2.08. The zero-order chi connectivity index (χ0) is 12.4. The summed E-state index contributed by atoms with van der Waals surface area (Å²) in [6, 6.07) is 5.25. The van der Waals surface area contributed by atoms with Crippen LogP contribution in [0.3, 0.4) is 0 Å². The summed E-state index contributed by atoms with van der Waals surface area (Å²) in [6.07, 6.45) is -0.120. The molecule has 0 saturated carbocycles. The van der Waals surface area contributed by atoms with Crippen molar-refractivity contribution < 1.29 is 14.3 Å². The molecule has 2 rings (SSSR count). The Morgan fingerprint density at radius 3 is 2.82 bits per heavy atom. The zero-order valence-corrected chi connectivity index (χ0v) is 9.82. The van der Waals surface area contributed by atoms with E-state index in [0.717, 1.165) is 0 Å². The van der Waals surface area contributed by atoms with Crippen LogP contribution in [0.4, 0.5) is 11.4 Å². The molecular weight excluding hydrogens is 220 g/mol. The summed E-state index contributed by atoms with van der Waals surface area (Å²) in [5, 5.41) is 2.71. The molecule has 0 atom stereocenters. The quantitative estimate of drug-likeness (QED) is 0.787. The highest BCUT2D eigenvalue weighted by molar-refractivity contribution is 6.14. The summed E-state index contributed by atoms with van der Waals surface area (Å²) in [6.45, 7) is 2.39. The number of anilines is 2. The first-order valence-corrected chi connectivity index (χ1v) is 5.44. The number of fused-ring (bicyclic) bond motifs is 1. The molecular formula is C12H14N2O3. The van der Waals surface area contributed by atoms with Crippen LogP contribution in [-0.2, 0) is 9.59 Å². The van der Waals surface area contributed by atoms with E-state index >= 15 is 0 Å². The van der Waals surface area contributed by atoms with E-state index in [2.05, 4.69) is 5.32 Å². The van der Waals surface area contributed by atoms with Gasteiger partial charge in [0.05, 0.1) is 18.5 Å². The number of methoxy groups -OCH3 is 1. The van der Waals surface area contributed by atoms with E-state index in [1.165, 1.54) is 0 Å². The van der Waals surface area contributed by atoms with Gasteiger partial charge >= 0.3 is 0 Å². The second-order valence-corrected chi connectivity index (χ2v) is 3.75. The van der Waals surface area contributed by atoms with Gasteiger partial charge in [0.2, 0.25) is 11.8 Å². The first-order chi connectivity index (χ1) is 8.15. The molecule has 1 heterocycles. The van der Waals surface area contributed by atoms with Crippen LogP contribution in [0.1, 0.15) is 13.3 Å². The number of ether oxygens (including phenoxy) is 1. The minimum Gasteiger partial charge on any atom is -0.497 e. The van der Waals surface area contributed by atoms with Crippen molar-refractivity contribution in [3.05, 3.63) is 18.2 Å². The van der Waals surface area contributed by atoms with Crippen LogP contribution in [0.2, 0.25) is 0 Å². The Morgan fingerprint density at radius 2 is 2.18 bits per heavy atom. The van der Waals surface area contributed by atoms with Crippen molar-refractivity contribution in [1.29, 1.82) is 0 Å². The van der Waals surface area contributed by atoms with Gasteiger partial charge in [0.1, 0.15) is 12.2 Å². The summed E-state index contributed by atoms with van der Waals surface area (Å²) < 4.78 is 5.13. The van der Waals surface area contributed by atoms with Crippen LogP contribution >= 0.6 is 0 Å². The molecule has 17 heavy (non-hydrogen) atoms. The normalized spacial score (nSPS) is 15.1. The molecule has 1 aliphatic heterocycles. The van der Waals surface area contributed by atoms with Gasteiger partial charge in [-0.1, -0.05) is 0 Å². The summed E-state index contributed by atoms with van der Waals surface area (Å²) in [5.74, 6) is 0.181. The number of amides is 2. The average molecular weight is 234 g/mol. The Hall–Kier alpha value is -2.04. The number of benzene rings is 1. The lowest BCUT2D eigenvalue weighted by Crippen LogP contribution is -2.30. The van der Waals surface area contributed by atoms with E-state index in [4.69, 9.17) is 4.74 Å². The molecule has 0 aromatic heterocycles. The lowest BCUT2D eigenvalue weighted by Gasteiger charge is -2.20. The largest absolute Gasteiger partial charge is 0.497 e. The number of carbonyl (C=O) groups is 2. The third-order valence-corrected chi connectivity index (χ3v) is 2.70. The predicted molar refractivity (Wildman–Crippen MR) is 64.3 cm³/mol. The monoisotopic (exact) mass is 234 g/mol. The molecule has 0 bridgehead atoms. The SMILES string of the molecule is CCN1C(=O)CC(=O)Nc2ccc(OC)cc21. The molecule has 0 saturated heterocycles. The van der Waals surface area contributed by atoms with Gasteiger partial charge in [0.15, 0.2) is 0 Å². The Kier molecular flexibility index (Phi) is 2.99. The second kappa shape index (κ2) is 4.45. The number of hydrogen-bond donors (Lipinski definition) is 1.